The van der Waals surface area contributed by atoms with Crippen molar-refractivity contribution in [2.24, 2.45) is 0 Å². The first kappa shape index (κ1) is 16.2. The molecule has 0 saturated carbocycles. The van der Waals surface area contributed by atoms with E-state index in [4.69, 9.17) is 0 Å². The molecule has 2 heteroatoms. The molecule has 5 heavy (non-hydrogen) atoms. The molecule has 28 valence electrons. The molecule has 0 radical (unpaired) electrons. The normalized spacial score (nSPS) is 2.40. The molecular formula is C3H7IZn. The third-order valence-electron chi connectivity index (χ3n) is 0. The van der Waals surface area contributed by atoms with Gasteiger partial charge in [-0.15, -0.1) is 0 Å². The molecule has 0 rings (SSSR count). The Morgan fingerprint density at radius 3 is 1.20 bits per heavy atom. The van der Waals surface area contributed by atoms with Gasteiger partial charge in [0.2, 0.25) is 0 Å². The van der Waals surface area contributed by atoms with Crippen LogP contribution in [-0.2, 0) is 19.5 Å². The third kappa shape index (κ3) is 32.9. The van der Waals surface area contributed by atoms with Crippen LogP contribution >= 0.6 is 22.6 Å². The summed E-state index contributed by atoms with van der Waals surface area (Å²) in [6, 6.07) is 0. The summed E-state index contributed by atoms with van der Waals surface area (Å²) in [5.41, 5.74) is 0. The molecule has 0 fully saturated rings. The minimum Gasteiger partial charge on any atom is -0.346 e. The van der Waals surface area contributed by atoms with Crippen LogP contribution in [0.25, 0.3) is 0 Å². The van der Waals surface area contributed by atoms with Crippen LogP contribution in [0.2, 0.25) is 0 Å². The van der Waals surface area contributed by atoms with E-state index in [0.29, 0.717) is 0 Å². The molecule has 0 atom stereocenters. The van der Waals surface area contributed by atoms with Gasteiger partial charge in [-0.2, -0.15) is 6.92 Å². The van der Waals surface area contributed by atoms with E-state index in [-0.39, 0.29) is 19.5 Å². The number of hydrogen-bond donors (Lipinski definition) is 0. The van der Waals surface area contributed by atoms with Gasteiger partial charge < -0.3 is 29.5 Å². The zero-order chi connectivity index (χ0) is 4.00. The standard InChI is InChI=1S/C2H5.CH2I.Zn/c2*1-2;/h1H2,2H3;1H2;/q2*-1;+2. The summed E-state index contributed by atoms with van der Waals surface area (Å²) in [7, 11) is 0. The van der Waals surface area contributed by atoms with Crippen LogP contribution in [0, 0.1) is 11.9 Å². The molecular weight excluding hydrogens is 228 g/mol. The van der Waals surface area contributed by atoms with Crippen LogP contribution in [0.15, 0.2) is 0 Å². The van der Waals surface area contributed by atoms with Crippen molar-refractivity contribution in [2.45, 2.75) is 6.92 Å². The molecule has 0 aliphatic carbocycles. The average molecular weight is 235 g/mol. The van der Waals surface area contributed by atoms with E-state index in [2.05, 4.69) is 11.9 Å². The van der Waals surface area contributed by atoms with Gasteiger partial charge in [-0.3, -0.25) is 4.93 Å². The fourth-order valence-electron chi connectivity index (χ4n) is 0. The van der Waals surface area contributed by atoms with Gasteiger partial charge >= 0.3 is 19.5 Å². The van der Waals surface area contributed by atoms with E-state index in [1.54, 1.807) is 6.92 Å². The zero-order valence-corrected chi connectivity index (χ0v) is 8.62. The summed E-state index contributed by atoms with van der Waals surface area (Å²) in [5, 5.41) is 0. The minimum absolute atomic E-state index is 0. The first-order valence-electron chi connectivity index (χ1n) is 0.974. The van der Waals surface area contributed by atoms with Crippen molar-refractivity contribution >= 4 is 22.6 Å². The summed E-state index contributed by atoms with van der Waals surface area (Å²) >= 11 is 1.90. The molecule has 0 aromatic heterocycles. The van der Waals surface area contributed by atoms with Crippen molar-refractivity contribution in [1.82, 2.24) is 0 Å². The maximum atomic E-state index is 3.25. The van der Waals surface area contributed by atoms with Gasteiger partial charge in [0.15, 0.2) is 0 Å². The topological polar surface area (TPSA) is 0 Å². The Morgan fingerprint density at radius 2 is 1.20 bits per heavy atom. The summed E-state index contributed by atoms with van der Waals surface area (Å²) in [6.45, 7) is 5.00. The van der Waals surface area contributed by atoms with Gasteiger partial charge in [-0.25, -0.2) is 0 Å². The van der Waals surface area contributed by atoms with E-state index < -0.39 is 0 Å². The third-order valence-corrected chi connectivity index (χ3v) is 0. The predicted octanol–water partition coefficient (Wildman–Crippen LogP) is 2.05. The second-order valence-electron chi connectivity index (χ2n) is 0. The summed E-state index contributed by atoms with van der Waals surface area (Å²) in [4.78, 5) is 3.22. The van der Waals surface area contributed by atoms with Gasteiger partial charge in [-0.1, -0.05) is 0 Å². The van der Waals surface area contributed by atoms with Crippen molar-refractivity contribution in [3.63, 3.8) is 0 Å². The second-order valence-corrected chi connectivity index (χ2v) is 0. The smallest absolute Gasteiger partial charge is 0.346 e. The molecule has 0 heterocycles. The Kier molecular flexibility index (Phi) is 179. The Balaban J connectivity index is -0.0000000133. The predicted molar refractivity (Wildman–Crippen MR) is 30.4 cm³/mol. The van der Waals surface area contributed by atoms with E-state index in [1.807, 2.05) is 22.6 Å². The van der Waals surface area contributed by atoms with Crippen LogP contribution in [0.1, 0.15) is 6.92 Å². The molecule has 0 aromatic rings. The Hall–Kier alpha value is 1.35. The molecule has 0 aliphatic rings. The van der Waals surface area contributed by atoms with Crippen molar-refractivity contribution in [3.8, 4) is 0 Å². The van der Waals surface area contributed by atoms with Gasteiger partial charge in [0.05, 0.1) is 0 Å². The molecule has 0 aliphatic heterocycles. The molecule has 0 nitrogen and oxygen atoms in total. The SMILES string of the molecule is [CH2-]C.[CH2-]I.[Zn+2]. The maximum absolute atomic E-state index is 3.25. The Bertz CT molecular complexity index is 6.85. The van der Waals surface area contributed by atoms with E-state index in [0.717, 1.165) is 0 Å². The quantitative estimate of drug-likeness (QED) is 0.342. The van der Waals surface area contributed by atoms with Gasteiger partial charge in [0.1, 0.15) is 0 Å². The van der Waals surface area contributed by atoms with Crippen LogP contribution in [0.3, 0.4) is 0 Å². The molecule has 0 N–H and O–H groups in total. The molecule has 0 bridgehead atoms. The Morgan fingerprint density at radius 1 is 1.20 bits per heavy atom. The number of rotatable bonds is 0. The largest absolute Gasteiger partial charge is 2.00 e. The first-order chi connectivity index (χ1) is 2.00. The molecule has 0 aromatic carbocycles. The van der Waals surface area contributed by atoms with E-state index in [1.165, 1.54) is 0 Å². The average Bonchev–Trinajstić information content (AvgIpc) is 1.50. The van der Waals surface area contributed by atoms with Crippen molar-refractivity contribution in [1.29, 1.82) is 0 Å². The van der Waals surface area contributed by atoms with Crippen LogP contribution < -0.4 is 0 Å². The second kappa shape index (κ2) is 55.4. The van der Waals surface area contributed by atoms with E-state index >= 15 is 0 Å². The fourth-order valence-corrected chi connectivity index (χ4v) is 0. The molecule has 0 spiro atoms. The number of halogens is 1. The van der Waals surface area contributed by atoms with Crippen molar-refractivity contribution in [2.75, 3.05) is 0 Å². The van der Waals surface area contributed by atoms with Crippen LogP contribution in [0.4, 0.5) is 0 Å². The summed E-state index contributed by atoms with van der Waals surface area (Å²) < 4.78 is 0. The monoisotopic (exact) mass is 234 g/mol. The molecule has 0 unspecified atom stereocenters. The van der Waals surface area contributed by atoms with Crippen LogP contribution in [-0.4, -0.2) is 0 Å². The van der Waals surface area contributed by atoms with Gasteiger partial charge in [0.25, 0.3) is 0 Å². The summed E-state index contributed by atoms with van der Waals surface area (Å²) in [6.07, 6.45) is 0. The number of hydrogen-bond acceptors (Lipinski definition) is 0. The zero-order valence-electron chi connectivity index (χ0n) is 3.50. The van der Waals surface area contributed by atoms with Crippen molar-refractivity contribution in [3.05, 3.63) is 11.9 Å². The van der Waals surface area contributed by atoms with Gasteiger partial charge in [0, 0.05) is 0 Å². The maximum Gasteiger partial charge on any atom is 2.00 e. The van der Waals surface area contributed by atoms with Crippen molar-refractivity contribution < 1.29 is 19.5 Å². The minimum atomic E-state index is 0. The summed E-state index contributed by atoms with van der Waals surface area (Å²) in [5.74, 6) is 0. The fraction of sp³-hybridized carbons (Fsp3) is 0.333. The molecule has 0 saturated heterocycles. The van der Waals surface area contributed by atoms with E-state index in [9.17, 15) is 0 Å². The van der Waals surface area contributed by atoms with Gasteiger partial charge in [-0.05, 0) is 0 Å². The first-order valence-corrected chi connectivity index (χ1v) is 2.50. The van der Waals surface area contributed by atoms with Crippen LogP contribution in [0.5, 0.6) is 0 Å². The Labute approximate surface area is 60.6 Å². The molecule has 0 amide bonds.